The summed E-state index contributed by atoms with van der Waals surface area (Å²) in [7, 11) is 0. The molecular weight excluding hydrogens is 424 g/mol. The molecule has 1 aliphatic rings. The zero-order valence-electron chi connectivity index (χ0n) is 18.0. The lowest BCUT2D eigenvalue weighted by atomic mass is 10.0. The van der Waals surface area contributed by atoms with Crippen LogP contribution in [0.4, 0.5) is 11.4 Å². The maximum Gasteiger partial charge on any atom is 0.242 e. The average molecular weight is 449 g/mol. The molecule has 0 aromatic heterocycles. The van der Waals surface area contributed by atoms with Gasteiger partial charge in [0.2, 0.25) is 5.91 Å². The molecule has 32 heavy (non-hydrogen) atoms. The van der Waals surface area contributed by atoms with Gasteiger partial charge in [-0.1, -0.05) is 29.8 Å². The number of halogens is 1. The number of carbonyl (C=O) groups is 1. The van der Waals surface area contributed by atoms with Crippen molar-refractivity contribution < 1.29 is 9.53 Å². The molecule has 0 saturated carbocycles. The Morgan fingerprint density at radius 2 is 1.75 bits per heavy atom. The molecule has 0 radical (unpaired) electrons. The van der Waals surface area contributed by atoms with Crippen LogP contribution in [0.15, 0.2) is 71.7 Å². The summed E-state index contributed by atoms with van der Waals surface area (Å²) in [5.74, 6) is 2.00. The van der Waals surface area contributed by atoms with Gasteiger partial charge in [-0.15, -0.1) is 0 Å². The van der Waals surface area contributed by atoms with E-state index in [1.54, 1.807) is 26.0 Å². The van der Waals surface area contributed by atoms with E-state index >= 15 is 0 Å². The monoisotopic (exact) mass is 448 g/mol. The van der Waals surface area contributed by atoms with E-state index in [1.807, 2.05) is 54.6 Å². The van der Waals surface area contributed by atoms with Crippen LogP contribution in [0.2, 0.25) is 5.02 Å². The fourth-order valence-electron chi connectivity index (χ4n) is 3.31. The van der Waals surface area contributed by atoms with Crippen molar-refractivity contribution in [3.8, 4) is 11.5 Å². The minimum atomic E-state index is -0.826. The predicted molar refractivity (Wildman–Crippen MR) is 130 cm³/mol. The summed E-state index contributed by atoms with van der Waals surface area (Å²) in [4.78, 5) is 16.3. The molecule has 0 atom stereocenters. The molecule has 3 aromatic carbocycles. The van der Waals surface area contributed by atoms with Crippen LogP contribution in [0.25, 0.3) is 0 Å². The molecule has 3 aromatic rings. The van der Waals surface area contributed by atoms with Crippen molar-refractivity contribution in [2.75, 3.05) is 10.6 Å². The fourth-order valence-corrected chi connectivity index (χ4v) is 3.44. The zero-order valence-corrected chi connectivity index (χ0v) is 18.7. The number of amidine groups is 1. The van der Waals surface area contributed by atoms with Gasteiger partial charge in [0.15, 0.2) is 0 Å². The first-order valence-electron chi connectivity index (χ1n) is 10.3. The highest BCUT2D eigenvalue weighted by Crippen LogP contribution is 2.29. The molecule has 1 aliphatic heterocycles. The van der Waals surface area contributed by atoms with Gasteiger partial charge in [0, 0.05) is 22.8 Å². The van der Waals surface area contributed by atoms with Gasteiger partial charge in [-0.05, 0) is 73.5 Å². The predicted octanol–water partition coefficient (Wildman–Crippen LogP) is 5.37. The lowest BCUT2D eigenvalue weighted by Crippen LogP contribution is -2.45. The standard InChI is InChI=1S/C25H25ClN4O2/c1-25(2,24(27)31)30-19-8-5-17-13-23(29-22(17)14-19)28-15-16-3-9-20(10-4-16)32-21-11-6-18(26)7-12-21/h3-12,14,30H,13,15H2,1-2H3,(H2,27,31)(H,28,29). The van der Waals surface area contributed by atoms with Crippen molar-refractivity contribution in [2.24, 2.45) is 10.7 Å². The Morgan fingerprint density at radius 3 is 2.41 bits per heavy atom. The van der Waals surface area contributed by atoms with Crippen LogP contribution in [-0.2, 0) is 17.8 Å². The third-order valence-corrected chi connectivity index (χ3v) is 5.50. The molecule has 0 saturated heterocycles. The van der Waals surface area contributed by atoms with Crippen molar-refractivity contribution in [3.63, 3.8) is 0 Å². The second-order valence-corrected chi connectivity index (χ2v) is 8.69. The summed E-state index contributed by atoms with van der Waals surface area (Å²) in [5.41, 5.74) is 8.70. The number of nitrogens with zero attached hydrogens (tertiary/aromatic N) is 1. The van der Waals surface area contributed by atoms with E-state index in [9.17, 15) is 4.79 Å². The van der Waals surface area contributed by atoms with Crippen LogP contribution < -0.4 is 21.1 Å². The Kier molecular flexibility index (Phi) is 6.06. The number of amides is 1. The van der Waals surface area contributed by atoms with E-state index in [1.165, 1.54) is 0 Å². The van der Waals surface area contributed by atoms with Gasteiger partial charge in [-0.25, -0.2) is 0 Å². The highest BCUT2D eigenvalue weighted by molar-refractivity contribution is 6.30. The van der Waals surface area contributed by atoms with Gasteiger partial charge in [0.25, 0.3) is 0 Å². The van der Waals surface area contributed by atoms with E-state index in [0.29, 0.717) is 11.6 Å². The van der Waals surface area contributed by atoms with Gasteiger partial charge in [0.1, 0.15) is 22.9 Å². The molecule has 0 unspecified atom stereocenters. The summed E-state index contributed by atoms with van der Waals surface area (Å²) < 4.78 is 5.83. The number of anilines is 2. The van der Waals surface area contributed by atoms with Crippen LogP contribution in [0.1, 0.15) is 25.0 Å². The highest BCUT2D eigenvalue weighted by atomic mass is 35.5. The number of fused-ring (bicyclic) bond motifs is 1. The molecule has 0 spiro atoms. The van der Waals surface area contributed by atoms with Gasteiger partial charge in [-0.3, -0.25) is 9.79 Å². The Balaban J connectivity index is 1.36. The normalized spacial score (nSPS) is 14.0. The summed E-state index contributed by atoms with van der Waals surface area (Å²) >= 11 is 5.90. The highest BCUT2D eigenvalue weighted by Gasteiger charge is 2.25. The van der Waals surface area contributed by atoms with E-state index < -0.39 is 11.4 Å². The Hall–Kier alpha value is -3.51. The fraction of sp³-hybridized carbons (Fsp3) is 0.200. The third kappa shape index (κ3) is 5.21. The number of benzene rings is 3. The number of nitrogens with two attached hydrogens (primary N) is 1. The number of aliphatic imine (C=N–C) groups is 1. The number of ether oxygens (including phenoxy) is 1. The quantitative estimate of drug-likeness (QED) is 0.453. The van der Waals surface area contributed by atoms with Crippen molar-refractivity contribution in [1.82, 2.24) is 0 Å². The van der Waals surface area contributed by atoms with Gasteiger partial charge in [-0.2, -0.15) is 0 Å². The summed E-state index contributed by atoms with van der Waals surface area (Å²) in [6.07, 6.45) is 0.743. The molecule has 0 bridgehead atoms. The summed E-state index contributed by atoms with van der Waals surface area (Å²) in [6, 6.07) is 21.1. The van der Waals surface area contributed by atoms with Crippen molar-refractivity contribution in [3.05, 3.63) is 82.9 Å². The van der Waals surface area contributed by atoms with Gasteiger partial charge >= 0.3 is 0 Å². The number of hydrogen-bond donors (Lipinski definition) is 3. The van der Waals surface area contributed by atoms with Gasteiger partial charge < -0.3 is 21.1 Å². The first kappa shape index (κ1) is 21.7. The first-order valence-corrected chi connectivity index (χ1v) is 10.7. The van der Waals surface area contributed by atoms with E-state index in [-0.39, 0.29) is 0 Å². The third-order valence-electron chi connectivity index (χ3n) is 5.24. The summed E-state index contributed by atoms with van der Waals surface area (Å²) in [5, 5.41) is 7.22. The minimum Gasteiger partial charge on any atom is -0.457 e. The van der Waals surface area contributed by atoms with Crippen molar-refractivity contribution in [2.45, 2.75) is 32.4 Å². The van der Waals surface area contributed by atoms with Crippen LogP contribution >= 0.6 is 11.6 Å². The Morgan fingerprint density at radius 1 is 1.09 bits per heavy atom. The number of carbonyl (C=O) groups excluding carboxylic acids is 1. The maximum atomic E-state index is 11.6. The second kappa shape index (κ2) is 8.93. The molecule has 0 fully saturated rings. The average Bonchev–Trinajstić information content (AvgIpc) is 3.17. The largest absolute Gasteiger partial charge is 0.457 e. The Bertz CT molecular complexity index is 1160. The van der Waals surface area contributed by atoms with Crippen LogP contribution in [-0.4, -0.2) is 17.3 Å². The topological polar surface area (TPSA) is 88.7 Å². The molecule has 6 nitrogen and oxygen atoms in total. The minimum absolute atomic E-state index is 0.405. The number of nitrogens with one attached hydrogen (secondary N) is 2. The second-order valence-electron chi connectivity index (χ2n) is 8.25. The molecule has 1 amide bonds. The van der Waals surface area contributed by atoms with E-state index in [2.05, 4.69) is 10.6 Å². The molecule has 7 heteroatoms. The number of rotatable bonds is 7. The SMILES string of the molecule is CC(C)(Nc1ccc2c(c1)NC(=NCc1ccc(Oc3ccc(Cl)cc3)cc1)C2)C(N)=O. The summed E-state index contributed by atoms with van der Waals surface area (Å²) in [6.45, 7) is 4.08. The maximum absolute atomic E-state index is 11.6. The molecule has 1 heterocycles. The lowest BCUT2D eigenvalue weighted by molar-refractivity contribution is -0.121. The molecule has 4 N–H and O–H groups in total. The zero-order chi connectivity index (χ0) is 22.7. The van der Waals surface area contributed by atoms with Crippen LogP contribution in [0.5, 0.6) is 11.5 Å². The molecule has 4 rings (SSSR count). The van der Waals surface area contributed by atoms with E-state index in [0.717, 1.165) is 46.3 Å². The van der Waals surface area contributed by atoms with Crippen LogP contribution in [0.3, 0.4) is 0 Å². The van der Waals surface area contributed by atoms with E-state index in [4.69, 9.17) is 27.1 Å². The molecule has 0 aliphatic carbocycles. The van der Waals surface area contributed by atoms with Gasteiger partial charge in [0.05, 0.1) is 6.54 Å². The Labute approximate surface area is 192 Å². The smallest absolute Gasteiger partial charge is 0.242 e. The lowest BCUT2D eigenvalue weighted by Gasteiger charge is -2.24. The van der Waals surface area contributed by atoms with Crippen molar-refractivity contribution in [1.29, 1.82) is 0 Å². The van der Waals surface area contributed by atoms with Crippen molar-refractivity contribution >= 4 is 34.7 Å². The van der Waals surface area contributed by atoms with Crippen LogP contribution in [0, 0.1) is 0 Å². The first-order chi connectivity index (χ1) is 15.3. The molecule has 164 valence electrons. The number of primary amides is 1. The molecular formula is C25H25ClN4O2. The number of hydrogen-bond acceptors (Lipinski definition) is 4.